The molecule has 10 aromatic carbocycles. The van der Waals surface area contributed by atoms with E-state index in [1.54, 1.807) is 0 Å². The van der Waals surface area contributed by atoms with Crippen LogP contribution in [0.15, 0.2) is 237 Å². The van der Waals surface area contributed by atoms with Crippen LogP contribution < -0.4 is 4.90 Å². The van der Waals surface area contributed by atoms with E-state index in [1.165, 1.54) is 96.0 Å². The van der Waals surface area contributed by atoms with Crippen molar-refractivity contribution in [3.8, 4) is 55.6 Å². The molecule has 0 aliphatic heterocycles. The monoisotopic (exact) mass is 837 g/mol. The van der Waals surface area contributed by atoms with Crippen molar-refractivity contribution >= 4 is 80.1 Å². The number of rotatable bonds is 8. The summed E-state index contributed by atoms with van der Waals surface area (Å²) in [4.78, 5) is 2.49. The molecule has 0 radical (unpaired) electrons. The average molecular weight is 838 g/mol. The molecule has 63 heavy (non-hydrogen) atoms. The van der Waals surface area contributed by atoms with Crippen LogP contribution in [-0.4, -0.2) is 0 Å². The molecule has 12 aromatic rings. The first-order chi connectivity index (χ1) is 31.3. The molecule has 0 N–H and O–H groups in total. The van der Waals surface area contributed by atoms with E-state index in [2.05, 4.69) is 241 Å². The molecule has 3 heteroatoms. The van der Waals surface area contributed by atoms with E-state index in [1.807, 2.05) is 22.7 Å². The van der Waals surface area contributed by atoms with Crippen LogP contribution in [0.4, 0.5) is 17.1 Å². The number of hydrogen-bond donors (Lipinski definition) is 0. The molecule has 0 saturated heterocycles. The van der Waals surface area contributed by atoms with Gasteiger partial charge in [0.1, 0.15) is 0 Å². The smallest absolute Gasteiger partial charge is 0.0540 e. The van der Waals surface area contributed by atoms with Gasteiger partial charge in [0.05, 0.1) is 11.4 Å². The van der Waals surface area contributed by atoms with E-state index < -0.39 is 0 Å². The Labute approximate surface area is 375 Å². The van der Waals surface area contributed by atoms with E-state index in [0.29, 0.717) is 0 Å². The summed E-state index contributed by atoms with van der Waals surface area (Å²) in [5.41, 5.74) is 15.4. The molecular formula is C60H39NS2. The minimum Gasteiger partial charge on any atom is -0.309 e. The van der Waals surface area contributed by atoms with Gasteiger partial charge in [0.2, 0.25) is 0 Å². The highest BCUT2D eigenvalue weighted by atomic mass is 32.1. The van der Waals surface area contributed by atoms with Gasteiger partial charge in [-0.25, -0.2) is 0 Å². The van der Waals surface area contributed by atoms with Crippen LogP contribution >= 0.6 is 22.7 Å². The van der Waals surface area contributed by atoms with Gasteiger partial charge in [0, 0.05) is 68.3 Å². The SMILES string of the molecule is c1ccc(-c2ccc(-c3ccc(N(c4ccccc4-c4cccc5c4sc4ccccc45)c4ccccc4-c4cccc5c4sc4ccccc45)cc3)cc2-c2ccccc2)cc1. The second-order valence-electron chi connectivity index (χ2n) is 16.0. The zero-order valence-corrected chi connectivity index (χ0v) is 35.9. The summed E-state index contributed by atoms with van der Waals surface area (Å²) < 4.78 is 5.22. The van der Waals surface area contributed by atoms with Crippen LogP contribution in [0, 0.1) is 0 Å². The lowest BCUT2D eigenvalue weighted by Crippen LogP contribution is -2.12. The average Bonchev–Trinajstić information content (AvgIpc) is 3.94. The number of hydrogen-bond acceptors (Lipinski definition) is 3. The van der Waals surface area contributed by atoms with Crippen LogP contribution in [0.25, 0.3) is 96.0 Å². The van der Waals surface area contributed by atoms with E-state index >= 15 is 0 Å². The Balaban J connectivity index is 1.05. The highest BCUT2D eigenvalue weighted by Gasteiger charge is 2.23. The molecule has 1 nitrogen and oxygen atoms in total. The van der Waals surface area contributed by atoms with Gasteiger partial charge < -0.3 is 4.90 Å². The Morgan fingerprint density at radius 1 is 0.254 bits per heavy atom. The quantitative estimate of drug-likeness (QED) is 0.147. The molecule has 0 amide bonds. The molecule has 0 spiro atoms. The van der Waals surface area contributed by atoms with Crippen molar-refractivity contribution in [3.05, 3.63) is 237 Å². The number of fused-ring (bicyclic) bond motifs is 6. The first-order valence-electron chi connectivity index (χ1n) is 21.4. The Morgan fingerprint density at radius 2 is 0.683 bits per heavy atom. The largest absolute Gasteiger partial charge is 0.309 e. The lowest BCUT2D eigenvalue weighted by Gasteiger charge is -2.30. The maximum absolute atomic E-state index is 2.49. The molecule has 0 saturated carbocycles. The fraction of sp³-hybridized carbons (Fsp3) is 0. The topological polar surface area (TPSA) is 3.24 Å². The summed E-state index contributed by atoms with van der Waals surface area (Å²) in [5, 5.41) is 5.20. The standard InChI is InChI=1S/C60H39NS2/c1-3-17-41(18-4-1)45-38-35-43(39-54(45)42-19-5-2-6-20-42)40-33-36-44(37-34-40)61(55-29-11-7-21-46(55)50-25-15-27-52-48-23-9-13-31-57(48)62-59(50)52)56-30-12-8-22-47(56)51-26-16-28-53-49-24-10-14-32-58(49)63-60(51)53/h1-39H. The summed E-state index contributed by atoms with van der Waals surface area (Å²) in [5.74, 6) is 0. The summed E-state index contributed by atoms with van der Waals surface area (Å²) in [6.45, 7) is 0. The zero-order valence-electron chi connectivity index (χ0n) is 34.3. The van der Waals surface area contributed by atoms with Crippen molar-refractivity contribution in [2.75, 3.05) is 4.90 Å². The second kappa shape index (κ2) is 15.7. The second-order valence-corrected chi connectivity index (χ2v) is 18.1. The van der Waals surface area contributed by atoms with Gasteiger partial charge in [-0.1, -0.05) is 194 Å². The van der Waals surface area contributed by atoms with Crippen LogP contribution in [0.2, 0.25) is 0 Å². The summed E-state index contributed by atoms with van der Waals surface area (Å²) in [6, 6.07) is 86.6. The van der Waals surface area contributed by atoms with Crippen LogP contribution in [0.3, 0.4) is 0 Å². The number of para-hydroxylation sites is 2. The van der Waals surface area contributed by atoms with Crippen LogP contribution in [0.5, 0.6) is 0 Å². The fourth-order valence-corrected chi connectivity index (χ4v) is 11.8. The molecule has 0 fully saturated rings. The normalized spacial score (nSPS) is 11.5. The Bertz CT molecular complexity index is 3460. The predicted octanol–water partition coefficient (Wildman–Crippen LogP) is 18.2. The Morgan fingerprint density at radius 3 is 1.24 bits per heavy atom. The number of benzene rings is 10. The first-order valence-corrected chi connectivity index (χ1v) is 23.0. The van der Waals surface area contributed by atoms with Crippen molar-refractivity contribution in [1.82, 2.24) is 0 Å². The van der Waals surface area contributed by atoms with Gasteiger partial charge in [0.25, 0.3) is 0 Å². The Kier molecular flexibility index (Phi) is 9.29. The lowest BCUT2D eigenvalue weighted by molar-refractivity contribution is 1.29. The van der Waals surface area contributed by atoms with E-state index in [9.17, 15) is 0 Å². The molecule has 12 rings (SSSR count). The first kappa shape index (κ1) is 37.2. The molecule has 0 aliphatic rings. The molecule has 2 heterocycles. The molecule has 0 atom stereocenters. The molecule has 296 valence electrons. The van der Waals surface area contributed by atoms with Crippen LogP contribution in [-0.2, 0) is 0 Å². The molecule has 0 unspecified atom stereocenters. The highest BCUT2D eigenvalue weighted by molar-refractivity contribution is 7.26. The highest BCUT2D eigenvalue weighted by Crippen LogP contribution is 2.50. The van der Waals surface area contributed by atoms with Gasteiger partial charge in [0.15, 0.2) is 0 Å². The third-order valence-electron chi connectivity index (χ3n) is 12.3. The van der Waals surface area contributed by atoms with Crippen LogP contribution in [0.1, 0.15) is 0 Å². The molecule has 0 aliphatic carbocycles. The molecule has 2 aromatic heterocycles. The molecular weight excluding hydrogens is 799 g/mol. The van der Waals surface area contributed by atoms with E-state index in [0.717, 1.165) is 17.1 Å². The zero-order chi connectivity index (χ0) is 41.7. The maximum atomic E-state index is 2.49. The third kappa shape index (κ3) is 6.53. The van der Waals surface area contributed by atoms with Gasteiger partial charge in [-0.2, -0.15) is 0 Å². The van der Waals surface area contributed by atoms with Gasteiger partial charge >= 0.3 is 0 Å². The number of thiophene rings is 2. The third-order valence-corrected chi connectivity index (χ3v) is 14.8. The number of nitrogens with zero attached hydrogens (tertiary/aromatic N) is 1. The van der Waals surface area contributed by atoms with Crippen molar-refractivity contribution in [2.45, 2.75) is 0 Å². The van der Waals surface area contributed by atoms with Gasteiger partial charge in [-0.15, -0.1) is 22.7 Å². The van der Waals surface area contributed by atoms with Crippen molar-refractivity contribution in [2.24, 2.45) is 0 Å². The number of anilines is 3. The summed E-state index contributed by atoms with van der Waals surface area (Å²) in [6.07, 6.45) is 0. The minimum absolute atomic E-state index is 1.09. The van der Waals surface area contributed by atoms with E-state index in [-0.39, 0.29) is 0 Å². The summed E-state index contributed by atoms with van der Waals surface area (Å²) in [7, 11) is 0. The van der Waals surface area contributed by atoms with Crippen molar-refractivity contribution in [3.63, 3.8) is 0 Å². The van der Waals surface area contributed by atoms with Crippen molar-refractivity contribution < 1.29 is 0 Å². The predicted molar refractivity (Wildman–Crippen MR) is 274 cm³/mol. The maximum Gasteiger partial charge on any atom is 0.0540 e. The van der Waals surface area contributed by atoms with Gasteiger partial charge in [-0.05, 0) is 75.8 Å². The fourth-order valence-electron chi connectivity index (χ4n) is 9.37. The summed E-state index contributed by atoms with van der Waals surface area (Å²) >= 11 is 3.76. The minimum atomic E-state index is 1.09. The van der Waals surface area contributed by atoms with Crippen molar-refractivity contribution in [1.29, 1.82) is 0 Å². The Hall–Kier alpha value is -7.56. The lowest BCUT2D eigenvalue weighted by atomic mass is 9.91. The molecule has 0 bridgehead atoms. The van der Waals surface area contributed by atoms with Gasteiger partial charge in [-0.3, -0.25) is 0 Å². The van der Waals surface area contributed by atoms with E-state index in [4.69, 9.17) is 0 Å².